The first-order valence-corrected chi connectivity index (χ1v) is 8.83. The Kier molecular flexibility index (Phi) is 6.78. The van der Waals surface area contributed by atoms with E-state index in [-0.39, 0.29) is 5.91 Å². The van der Waals surface area contributed by atoms with Crippen LogP contribution in [0.15, 0.2) is 30.3 Å². The molecule has 0 aliphatic rings. The summed E-state index contributed by atoms with van der Waals surface area (Å²) in [5.74, 6) is 1.57. The summed E-state index contributed by atoms with van der Waals surface area (Å²) in [6, 6.07) is 9.08. The molecule has 0 atom stereocenters. The first kappa shape index (κ1) is 18.4. The van der Waals surface area contributed by atoms with Gasteiger partial charge < -0.3 is 14.8 Å². The predicted octanol–water partition coefficient (Wildman–Crippen LogP) is 3.07. The molecule has 1 amide bonds. The lowest BCUT2D eigenvalue weighted by Gasteiger charge is -2.09. The number of thiophene rings is 1. The molecule has 1 aromatic carbocycles. The maximum Gasteiger partial charge on any atom is 0.341 e. The number of nitrogens with one attached hydrogen (secondary N) is 1. The third kappa shape index (κ3) is 5.33. The molecule has 0 spiro atoms. The fourth-order valence-electron chi connectivity index (χ4n) is 2.14. The number of ether oxygens (including phenoxy) is 2. The highest BCUT2D eigenvalue weighted by Gasteiger charge is 2.12. The molecule has 0 fully saturated rings. The van der Waals surface area contributed by atoms with Crippen LogP contribution in [0.25, 0.3) is 0 Å². The van der Waals surface area contributed by atoms with Gasteiger partial charge >= 0.3 is 5.91 Å². The summed E-state index contributed by atoms with van der Waals surface area (Å²) in [6.45, 7) is 6.30. The summed E-state index contributed by atoms with van der Waals surface area (Å²) in [5.41, 5.74) is 3.91. The van der Waals surface area contributed by atoms with Crippen molar-refractivity contribution in [2.45, 2.75) is 26.8 Å². The van der Waals surface area contributed by atoms with Crippen LogP contribution in [0, 0.1) is 5.92 Å². The van der Waals surface area contributed by atoms with Gasteiger partial charge in [0.05, 0.1) is 12.7 Å². The molecule has 0 radical (unpaired) electrons. The molecule has 5 nitrogen and oxygen atoms in total. The van der Waals surface area contributed by atoms with Crippen LogP contribution >= 0.6 is 11.3 Å². The molecule has 0 saturated carbocycles. The summed E-state index contributed by atoms with van der Waals surface area (Å²) < 4.78 is 11.2. The Morgan fingerprint density at radius 1 is 1.25 bits per heavy atom. The van der Waals surface area contributed by atoms with E-state index in [1.54, 1.807) is 36.6 Å². The van der Waals surface area contributed by atoms with Gasteiger partial charge in [0.2, 0.25) is 0 Å². The van der Waals surface area contributed by atoms with Crippen molar-refractivity contribution in [1.29, 1.82) is 0 Å². The fourth-order valence-corrected chi connectivity index (χ4v) is 2.98. The molecule has 6 heteroatoms. The second-order valence-electron chi connectivity index (χ2n) is 5.97. The van der Waals surface area contributed by atoms with Crippen molar-refractivity contribution in [2.24, 2.45) is 5.92 Å². The van der Waals surface area contributed by atoms with Gasteiger partial charge in [0, 0.05) is 17.5 Å². The lowest BCUT2D eigenvalue weighted by molar-refractivity contribution is -0.255. The lowest BCUT2D eigenvalue weighted by Crippen LogP contribution is -2.56. The molecule has 4 N–H and O–H groups in total. The number of amides is 1. The molecule has 0 aliphatic heterocycles. The zero-order valence-electron chi connectivity index (χ0n) is 14.4. The topological polar surface area (TPSA) is 75.2 Å². The van der Waals surface area contributed by atoms with E-state index in [0.29, 0.717) is 23.0 Å². The van der Waals surface area contributed by atoms with Gasteiger partial charge in [-0.15, -0.1) is 11.3 Å². The van der Waals surface area contributed by atoms with Gasteiger partial charge in [-0.25, -0.2) is 4.79 Å². The van der Waals surface area contributed by atoms with Crippen molar-refractivity contribution >= 4 is 17.2 Å². The van der Waals surface area contributed by atoms with Gasteiger partial charge in [-0.3, -0.25) is 5.73 Å². The molecule has 0 aliphatic carbocycles. The third-order valence-electron chi connectivity index (χ3n) is 3.53. The van der Waals surface area contributed by atoms with Crippen LogP contribution in [0.5, 0.6) is 16.6 Å². The molecule has 0 bridgehead atoms. The van der Waals surface area contributed by atoms with Gasteiger partial charge in [-0.1, -0.05) is 13.8 Å². The number of hydrogen-bond donors (Lipinski definition) is 2. The standard InChI is InChI=1S/C18H24N2O3S/c1-12(2)8-9-20-11-14-5-7-17(24-14)23-15-6-4-13(18(19)21)10-16(15)22-3/h4-7,10,12,20H,8-9,11H2,1-3H3,(H2,19,21)/p+1. The highest BCUT2D eigenvalue weighted by molar-refractivity contribution is 7.13. The van der Waals surface area contributed by atoms with Gasteiger partial charge in [-0.2, -0.15) is 0 Å². The van der Waals surface area contributed by atoms with E-state index in [0.717, 1.165) is 18.2 Å². The number of quaternary nitrogens is 1. The third-order valence-corrected chi connectivity index (χ3v) is 4.49. The van der Waals surface area contributed by atoms with Crippen molar-refractivity contribution in [3.63, 3.8) is 0 Å². The molecule has 0 unspecified atom stereocenters. The molecule has 1 heterocycles. The van der Waals surface area contributed by atoms with Gasteiger partial charge in [0.25, 0.3) is 0 Å². The Hall–Kier alpha value is -1.89. The maximum absolute atomic E-state index is 11.3. The number of methoxy groups -OCH3 is 1. The summed E-state index contributed by atoms with van der Waals surface area (Å²) in [5, 5.41) is 4.23. The van der Waals surface area contributed by atoms with E-state index >= 15 is 0 Å². The van der Waals surface area contributed by atoms with Gasteiger partial charge in [0.1, 0.15) is 0 Å². The minimum absolute atomic E-state index is 0.245. The number of rotatable bonds is 9. The molecular formula is C18H25N2O3S+. The summed E-state index contributed by atoms with van der Waals surface area (Å²) in [6.07, 6.45) is 1.17. The average Bonchev–Trinajstić information content (AvgIpc) is 2.99. The number of carbonyl (C=O) groups is 1. The zero-order chi connectivity index (χ0) is 17.5. The maximum atomic E-state index is 11.3. The minimum atomic E-state index is -0.245. The molecule has 1 aromatic heterocycles. The molecule has 130 valence electrons. The van der Waals surface area contributed by atoms with Crippen LogP contribution in [0.4, 0.5) is 0 Å². The smallest absolute Gasteiger partial charge is 0.341 e. The van der Waals surface area contributed by atoms with Crippen LogP contribution < -0.4 is 20.5 Å². The van der Waals surface area contributed by atoms with Gasteiger partial charge in [0.15, 0.2) is 16.6 Å². The number of carbonyl (C=O) groups excluding carboxylic acids is 1. The zero-order valence-corrected chi connectivity index (χ0v) is 15.2. The normalized spacial score (nSPS) is 10.9. The average molecular weight is 349 g/mol. The largest absolute Gasteiger partial charge is 0.493 e. The van der Waals surface area contributed by atoms with E-state index in [4.69, 9.17) is 9.47 Å². The Morgan fingerprint density at radius 2 is 2.04 bits per heavy atom. The van der Waals surface area contributed by atoms with E-state index < -0.39 is 0 Å². The Balaban J connectivity index is 1.98. The molecule has 24 heavy (non-hydrogen) atoms. The van der Waals surface area contributed by atoms with Crippen LogP contribution in [-0.4, -0.2) is 19.6 Å². The van der Waals surface area contributed by atoms with Gasteiger partial charge in [-0.05, 0) is 43.1 Å². The highest BCUT2D eigenvalue weighted by atomic mass is 32.1. The van der Waals surface area contributed by atoms with Crippen LogP contribution in [0.1, 0.15) is 35.5 Å². The predicted molar refractivity (Wildman–Crippen MR) is 95.8 cm³/mol. The Bertz CT molecular complexity index is 683. The van der Waals surface area contributed by atoms with Crippen molar-refractivity contribution in [3.8, 4) is 16.6 Å². The first-order valence-electron chi connectivity index (χ1n) is 8.01. The quantitative estimate of drug-likeness (QED) is 0.682. The highest BCUT2D eigenvalue weighted by Crippen LogP contribution is 2.35. The molecule has 2 rings (SSSR count). The molecular weight excluding hydrogens is 324 g/mol. The second kappa shape index (κ2) is 8.82. The van der Waals surface area contributed by atoms with E-state index in [1.165, 1.54) is 11.3 Å². The lowest BCUT2D eigenvalue weighted by atomic mass is 10.1. The van der Waals surface area contributed by atoms with E-state index in [9.17, 15) is 4.79 Å². The van der Waals surface area contributed by atoms with Crippen molar-refractivity contribution < 1.29 is 20.0 Å². The van der Waals surface area contributed by atoms with Crippen molar-refractivity contribution in [2.75, 3.05) is 13.7 Å². The second-order valence-corrected chi connectivity index (χ2v) is 7.10. The summed E-state index contributed by atoms with van der Waals surface area (Å²) >= 11 is 1.60. The summed E-state index contributed by atoms with van der Waals surface area (Å²) in [4.78, 5) is 12.6. The van der Waals surface area contributed by atoms with Crippen LogP contribution in [0.2, 0.25) is 0 Å². The minimum Gasteiger partial charge on any atom is -0.493 e. The Morgan fingerprint density at radius 3 is 2.71 bits per heavy atom. The molecule has 2 aromatic rings. The first-order chi connectivity index (χ1) is 11.5. The van der Waals surface area contributed by atoms with Crippen molar-refractivity contribution in [3.05, 3.63) is 40.8 Å². The number of benzene rings is 1. The number of hydrogen-bond acceptors (Lipinski definition) is 5. The van der Waals surface area contributed by atoms with Crippen LogP contribution in [0.3, 0.4) is 0 Å². The SMILES string of the molecule is COc1cc(C([NH3+])=O)ccc1Oc1ccc(CNCCC(C)C)s1. The fraction of sp³-hybridized carbons (Fsp3) is 0.389. The van der Waals surface area contributed by atoms with E-state index in [1.807, 2.05) is 6.07 Å². The van der Waals surface area contributed by atoms with E-state index in [2.05, 4.69) is 31.0 Å². The Labute approximate surface area is 146 Å². The molecule has 0 saturated heterocycles. The summed E-state index contributed by atoms with van der Waals surface area (Å²) in [7, 11) is 1.55. The monoisotopic (exact) mass is 349 g/mol. The van der Waals surface area contributed by atoms with Crippen LogP contribution in [-0.2, 0) is 6.54 Å². The van der Waals surface area contributed by atoms with Crippen molar-refractivity contribution in [1.82, 2.24) is 5.32 Å².